The second-order valence-electron chi connectivity index (χ2n) is 10.3. The number of carbonyl (C=O) groups excluding carboxylic acids is 1. The Labute approximate surface area is 241 Å². The number of carbonyl (C=O) groups is 1. The molecule has 212 valence electrons. The van der Waals surface area contributed by atoms with E-state index in [0.29, 0.717) is 18.9 Å². The summed E-state index contributed by atoms with van der Waals surface area (Å²) < 4.78 is 23.2. The summed E-state index contributed by atoms with van der Waals surface area (Å²) in [6, 6.07) is 25.8. The van der Waals surface area contributed by atoms with Crippen LogP contribution in [0.4, 0.5) is 0 Å². The number of hydrogen-bond acceptors (Lipinski definition) is 7. The topological polar surface area (TPSA) is 74.0 Å². The molecule has 0 saturated heterocycles. The quantitative estimate of drug-likeness (QED) is 0.151. The Morgan fingerprint density at radius 1 is 0.976 bits per heavy atom. The maximum Gasteiger partial charge on any atom is 0.303 e. The van der Waals surface area contributed by atoms with Crippen molar-refractivity contribution in [3.63, 3.8) is 0 Å². The fourth-order valence-corrected chi connectivity index (χ4v) is 5.18. The van der Waals surface area contributed by atoms with E-state index in [4.69, 9.17) is 18.6 Å². The van der Waals surface area contributed by atoms with Crippen LogP contribution in [0.3, 0.4) is 0 Å². The minimum absolute atomic E-state index is 0.314. The summed E-state index contributed by atoms with van der Waals surface area (Å²) in [6.07, 6.45) is 0.146. The van der Waals surface area contributed by atoms with Gasteiger partial charge in [0.15, 0.2) is 0 Å². The number of methoxy groups -OCH3 is 1. The van der Waals surface area contributed by atoms with Gasteiger partial charge in [-0.3, -0.25) is 9.69 Å². The second-order valence-corrected chi connectivity index (χ2v) is 10.3. The summed E-state index contributed by atoms with van der Waals surface area (Å²) in [5, 5.41) is 0. The number of ether oxygens (including phenoxy) is 3. The fraction of sp³-hybridized carbons (Fsp3) is 0.294. The third-order valence-corrected chi connectivity index (χ3v) is 7.25. The molecular formula is C34H36N2O5. The van der Waals surface area contributed by atoms with E-state index in [1.54, 1.807) is 7.11 Å². The van der Waals surface area contributed by atoms with Crippen LogP contribution in [0.1, 0.15) is 42.5 Å². The molecule has 1 aromatic heterocycles. The molecule has 0 fully saturated rings. The van der Waals surface area contributed by atoms with Gasteiger partial charge in [0.2, 0.25) is 5.89 Å². The van der Waals surface area contributed by atoms with Crippen LogP contribution in [0.5, 0.6) is 11.5 Å². The zero-order chi connectivity index (χ0) is 28.8. The minimum atomic E-state index is -0.469. The highest BCUT2D eigenvalue weighted by Gasteiger charge is 2.29. The van der Waals surface area contributed by atoms with Gasteiger partial charge in [0.1, 0.15) is 23.4 Å². The van der Waals surface area contributed by atoms with Crippen LogP contribution in [0.15, 0.2) is 94.4 Å². The van der Waals surface area contributed by atoms with Crippen molar-refractivity contribution in [2.24, 2.45) is 0 Å². The first-order valence-corrected chi connectivity index (χ1v) is 13.8. The van der Waals surface area contributed by atoms with Gasteiger partial charge in [-0.2, -0.15) is 0 Å². The van der Waals surface area contributed by atoms with E-state index in [1.807, 2.05) is 73.7 Å². The smallest absolute Gasteiger partial charge is 0.303 e. The van der Waals surface area contributed by atoms with E-state index in [-0.39, 0.29) is 5.97 Å². The normalized spacial score (nSPS) is 14.2. The van der Waals surface area contributed by atoms with Gasteiger partial charge < -0.3 is 18.6 Å². The van der Waals surface area contributed by atoms with Crippen molar-refractivity contribution in [1.82, 2.24) is 9.88 Å². The van der Waals surface area contributed by atoms with Crippen LogP contribution in [0, 0.1) is 6.92 Å². The Bertz CT molecular complexity index is 1510. The number of rotatable bonds is 11. The predicted molar refractivity (Wildman–Crippen MR) is 158 cm³/mol. The number of aromatic nitrogens is 1. The lowest BCUT2D eigenvalue weighted by molar-refractivity contribution is -0.145. The van der Waals surface area contributed by atoms with Crippen LogP contribution in [0.2, 0.25) is 0 Å². The average molecular weight is 553 g/mol. The van der Waals surface area contributed by atoms with Gasteiger partial charge in [0.25, 0.3) is 0 Å². The van der Waals surface area contributed by atoms with Crippen LogP contribution < -0.4 is 9.47 Å². The summed E-state index contributed by atoms with van der Waals surface area (Å²) in [5.41, 5.74) is 6.25. The maximum absolute atomic E-state index is 12.2. The van der Waals surface area contributed by atoms with Gasteiger partial charge in [-0.05, 0) is 61.4 Å². The highest BCUT2D eigenvalue weighted by atomic mass is 16.5. The molecule has 0 spiro atoms. The molecule has 3 aromatic carbocycles. The van der Waals surface area contributed by atoms with Crippen molar-refractivity contribution in [2.75, 3.05) is 26.8 Å². The Hall–Kier alpha value is -4.36. The molecule has 7 nitrogen and oxygen atoms in total. The Morgan fingerprint density at radius 2 is 1.76 bits per heavy atom. The molecule has 4 aromatic rings. The summed E-state index contributed by atoms with van der Waals surface area (Å²) in [4.78, 5) is 19.2. The van der Waals surface area contributed by atoms with Gasteiger partial charge in [0, 0.05) is 44.1 Å². The summed E-state index contributed by atoms with van der Waals surface area (Å²) >= 11 is 0. The molecular weight excluding hydrogens is 516 g/mol. The van der Waals surface area contributed by atoms with Crippen molar-refractivity contribution in [3.05, 3.63) is 113 Å². The SMILES string of the molecule is COc1ccc(CN2CC(C)=C(C(OC(C)=O)c3cccc(OCCc4nc(-c5ccccc5)oc4C)c3)C2)cc1. The van der Waals surface area contributed by atoms with E-state index in [9.17, 15) is 4.79 Å². The fourth-order valence-electron chi connectivity index (χ4n) is 5.18. The van der Waals surface area contributed by atoms with Crippen LogP contribution in [-0.4, -0.2) is 42.7 Å². The molecule has 0 radical (unpaired) electrons. The zero-order valence-electron chi connectivity index (χ0n) is 24.1. The third-order valence-electron chi connectivity index (χ3n) is 7.25. The number of aryl methyl sites for hydroxylation is 1. The van der Waals surface area contributed by atoms with Crippen LogP contribution in [0.25, 0.3) is 11.5 Å². The predicted octanol–water partition coefficient (Wildman–Crippen LogP) is 6.72. The lowest BCUT2D eigenvalue weighted by atomic mass is 9.99. The highest BCUT2D eigenvalue weighted by Crippen LogP contribution is 2.35. The number of benzene rings is 3. The van der Waals surface area contributed by atoms with E-state index in [2.05, 4.69) is 28.9 Å². The van der Waals surface area contributed by atoms with Gasteiger partial charge in [0.05, 0.1) is 19.4 Å². The van der Waals surface area contributed by atoms with E-state index < -0.39 is 6.10 Å². The molecule has 1 aliphatic heterocycles. The second kappa shape index (κ2) is 12.9. The summed E-state index contributed by atoms with van der Waals surface area (Å²) in [7, 11) is 1.67. The first kappa shape index (κ1) is 28.2. The average Bonchev–Trinajstić information content (AvgIpc) is 3.54. The molecule has 0 bridgehead atoms. The zero-order valence-corrected chi connectivity index (χ0v) is 24.1. The molecule has 5 rings (SSSR count). The lowest BCUT2D eigenvalue weighted by Crippen LogP contribution is -2.22. The number of hydrogen-bond donors (Lipinski definition) is 0. The molecule has 1 unspecified atom stereocenters. The highest BCUT2D eigenvalue weighted by molar-refractivity contribution is 5.67. The molecule has 2 heterocycles. The van der Waals surface area contributed by atoms with Crippen molar-refractivity contribution in [1.29, 1.82) is 0 Å². The van der Waals surface area contributed by atoms with Crippen molar-refractivity contribution >= 4 is 5.97 Å². The van der Waals surface area contributed by atoms with Crippen molar-refractivity contribution in [2.45, 2.75) is 39.8 Å². The Morgan fingerprint density at radius 3 is 2.49 bits per heavy atom. The number of oxazole rings is 1. The van der Waals surface area contributed by atoms with Gasteiger partial charge in [-0.1, -0.05) is 48.0 Å². The monoisotopic (exact) mass is 552 g/mol. The first-order chi connectivity index (χ1) is 19.9. The minimum Gasteiger partial charge on any atom is -0.497 e. The standard InChI is InChI=1S/C34H36N2O5/c1-23-20-36(21-26-13-15-29(38-4)16-14-26)22-31(23)33(41-25(3)37)28-11-8-12-30(19-28)39-18-17-32-24(2)40-34(35-32)27-9-6-5-7-10-27/h5-16,19,33H,17-18,20-22H2,1-4H3. The maximum atomic E-state index is 12.2. The van der Waals surface area contributed by atoms with Gasteiger partial charge >= 0.3 is 5.97 Å². The number of nitrogens with zero attached hydrogens (tertiary/aromatic N) is 2. The van der Waals surface area contributed by atoms with Gasteiger partial charge in [-0.25, -0.2) is 4.98 Å². The molecule has 1 atom stereocenters. The molecule has 0 saturated carbocycles. The number of esters is 1. The summed E-state index contributed by atoms with van der Waals surface area (Å²) in [5.74, 6) is 2.65. The molecule has 0 N–H and O–H groups in total. The largest absolute Gasteiger partial charge is 0.497 e. The molecule has 0 amide bonds. The van der Waals surface area contributed by atoms with Crippen molar-refractivity contribution < 1.29 is 23.4 Å². The van der Waals surface area contributed by atoms with E-state index in [1.165, 1.54) is 18.1 Å². The van der Waals surface area contributed by atoms with Crippen molar-refractivity contribution in [3.8, 4) is 23.0 Å². The molecule has 0 aliphatic carbocycles. The molecule has 41 heavy (non-hydrogen) atoms. The van der Waals surface area contributed by atoms with Crippen LogP contribution >= 0.6 is 0 Å². The molecule has 7 heteroatoms. The first-order valence-electron chi connectivity index (χ1n) is 13.8. The Balaban J connectivity index is 1.25. The third kappa shape index (κ3) is 7.05. The molecule has 1 aliphatic rings. The van der Waals surface area contributed by atoms with E-state index in [0.717, 1.165) is 59.3 Å². The van der Waals surface area contributed by atoms with E-state index >= 15 is 0 Å². The Kier molecular flexibility index (Phi) is 8.85. The van der Waals surface area contributed by atoms with Gasteiger partial charge in [-0.15, -0.1) is 0 Å². The lowest BCUT2D eigenvalue weighted by Gasteiger charge is -2.22. The summed E-state index contributed by atoms with van der Waals surface area (Å²) in [6.45, 7) is 8.28. The van der Waals surface area contributed by atoms with Crippen LogP contribution in [-0.2, 0) is 22.5 Å².